The molecule has 0 aliphatic rings. The maximum atomic E-state index is 12.0. The zero-order valence-electron chi connectivity index (χ0n) is 11.9. The number of amides is 1. The molecule has 2 rings (SSSR count). The molecule has 7 nitrogen and oxygen atoms in total. The lowest BCUT2D eigenvalue weighted by Gasteiger charge is -2.07. The van der Waals surface area contributed by atoms with Crippen molar-refractivity contribution in [3.63, 3.8) is 0 Å². The zero-order valence-corrected chi connectivity index (χ0v) is 11.9. The number of aryl methyl sites for hydroxylation is 1. The van der Waals surface area contributed by atoms with E-state index in [4.69, 9.17) is 9.84 Å². The van der Waals surface area contributed by atoms with Crippen molar-refractivity contribution in [1.82, 2.24) is 15.1 Å². The molecule has 22 heavy (non-hydrogen) atoms. The van der Waals surface area contributed by atoms with E-state index in [2.05, 4.69) is 10.4 Å². The number of aliphatic carboxylic acids is 1. The third-order valence-electron chi connectivity index (χ3n) is 2.87. The summed E-state index contributed by atoms with van der Waals surface area (Å²) in [5.74, 6) is -0.929. The smallest absolute Gasteiger partial charge is 0.341 e. The highest BCUT2D eigenvalue weighted by molar-refractivity contribution is 5.94. The van der Waals surface area contributed by atoms with Gasteiger partial charge in [0.15, 0.2) is 6.61 Å². The molecule has 0 fully saturated rings. The minimum Gasteiger partial charge on any atom is -0.482 e. The quantitative estimate of drug-likeness (QED) is 0.714. The number of carbonyl (C=O) groups excluding carboxylic acids is 1. The SMILES string of the molecule is O=C(O)COc1cccc(C(=O)NCCCn2cccn2)c1. The first kappa shape index (κ1) is 15.6. The maximum Gasteiger partial charge on any atom is 0.341 e. The largest absolute Gasteiger partial charge is 0.482 e. The van der Waals surface area contributed by atoms with E-state index < -0.39 is 12.6 Å². The van der Waals surface area contributed by atoms with Crippen molar-refractivity contribution < 1.29 is 19.4 Å². The van der Waals surface area contributed by atoms with Crippen molar-refractivity contribution in [3.05, 3.63) is 48.3 Å². The van der Waals surface area contributed by atoms with E-state index in [-0.39, 0.29) is 5.91 Å². The molecule has 0 saturated carbocycles. The summed E-state index contributed by atoms with van der Waals surface area (Å²) in [4.78, 5) is 22.4. The number of aromatic nitrogens is 2. The van der Waals surface area contributed by atoms with Gasteiger partial charge in [0.1, 0.15) is 5.75 Å². The van der Waals surface area contributed by atoms with Crippen LogP contribution in [0.4, 0.5) is 0 Å². The van der Waals surface area contributed by atoms with E-state index >= 15 is 0 Å². The maximum absolute atomic E-state index is 12.0. The Kier molecular flexibility index (Phi) is 5.53. The van der Waals surface area contributed by atoms with Crippen molar-refractivity contribution in [2.75, 3.05) is 13.2 Å². The number of hydrogen-bond donors (Lipinski definition) is 2. The summed E-state index contributed by atoms with van der Waals surface area (Å²) in [6, 6.07) is 8.27. The molecule has 0 atom stereocenters. The minimum absolute atomic E-state index is 0.221. The van der Waals surface area contributed by atoms with Crippen molar-refractivity contribution in [3.8, 4) is 5.75 Å². The summed E-state index contributed by atoms with van der Waals surface area (Å²) in [5.41, 5.74) is 0.432. The molecule has 2 aromatic rings. The van der Waals surface area contributed by atoms with Crippen molar-refractivity contribution in [2.24, 2.45) is 0 Å². The Balaban J connectivity index is 1.79. The van der Waals surface area contributed by atoms with Crippen LogP contribution in [0.2, 0.25) is 0 Å². The average molecular weight is 303 g/mol. The summed E-state index contributed by atoms with van der Waals surface area (Å²) < 4.78 is 6.84. The Bertz CT molecular complexity index is 625. The fraction of sp³-hybridized carbons (Fsp3) is 0.267. The first-order valence-corrected chi connectivity index (χ1v) is 6.85. The second-order valence-corrected chi connectivity index (χ2v) is 4.59. The Morgan fingerprint density at radius 2 is 2.18 bits per heavy atom. The Morgan fingerprint density at radius 1 is 1.32 bits per heavy atom. The normalized spacial score (nSPS) is 10.2. The monoisotopic (exact) mass is 303 g/mol. The molecule has 1 aromatic heterocycles. The molecular formula is C15H17N3O4. The lowest BCUT2D eigenvalue weighted by atomic mass is 10.2. The summed E-state index contributed by atoms with van der Waals surface area (Å²) in [7, 11) is 0. The van der Waals surface area contributed by atoms with Crippen LogP contribution in [-0.2, 0) is 11.3 Å². The van der Waals surface area contributed by atoms with Gasteiger partial charge in [-0.25, -0.2) is 4.79 Å². The number of ether oxygens (including phenoxy) is 1. The van der Waals surface area contributed by atoms with Crippen LogP contribution in [0.15, 0.2) is 42.7 Å². The van der Waals surface area contributed by atoms with Crippen LogP contribution < -0.4 is 10.1 Å². The van der Waals surface area contributed by atoms with Crippen molar-refractivity contribution >= 4 is 11.9 Å². The summed E-state index contributed by atoms with van der Waals surface area (Å²) in [6.07, 6.45) is 4.34. The van der Waals surface area contributed by atoms with Crippen molar-refractivity contribution in [2.45, 2.75) is 13.0 Å². The predicted octanol–water partition coefficient (Wildman–Crippen LogP) is 1.17. The highest BCUT2D eigenvalue weighted by Crippen LogP contribution is 2.13. The van der Waals surface area contributed by atoms with Gasteiger partial charge in [-0.3, -0.25) is 9.48 Å². The van der Waals surface area contributed by atoms with E-state index in [1.165, 1.54) is 6.07 Å². The van der Waals surface area contributed by atoms with Crippen LogP contribution in [0.25, 0.3) is 0 Å². The number of benzene rings is 1. The molecule has 1 amide bonds. The third kappa shape index (κ3) is 4.93. The van der Waals surface area contributed by atoms with Crippen LogP contribution in [0.5, 0.6) is 5.75 Å². The highest BCUT2D eigenvalue weighted by atomic mass is 16.5. The average Bonchev–Trinajstić information content (AvgIpc) is 3.03. The lowest BCUT2D eigenvalue weighted by Crippen LogP contribution is -2.25. The van der Waals surface area contributed by atoms with Crippen LogP contribution in [0.3, 0.4) is 0 Å². The number of nitrogens with one attached hydrogen (secondary N) is 1. The fourth-order valence-electron chi connectivity index (χ4n) is 1.85. The van der Waals surface area contributed by atoms with Gasteiger partial charge in [-0.05, 0) is 30.7 Å². The molecular weight excluding hydrogens is 286 g/mol. The van der Waals surface area contributed by atoms with Gasteiger partial charge in [0, 0.05) is 31.0 Å². The molecule has 1 heterocycles. The summed E-state index contributed by atoms with van der Waals surface area (Å²) >= 11 is 0. The third-order valence-corrected chi connectivity index (χ3v) is 2.87. The molecule has 0 radical (unpaired) electrons. The van der Waals surface area contributed by atoms with Crippen molar-refractivity contribution in [1.29, 1.82) is 0 Å². The topological polar surface area (TPSA) is 93.5 Å². The second-order valence-electron chi connectivity index (χ2n) is 4.59. The van der Waals surface area contributed by atoms with Crippen LogP contribution in [0.1, 0.15) is 16.8 Å². The van der Waals surface area contributed by atoms with Gasteiger partial charge >= 0.3 is 5.97 Å². The van der Waals surface area contributed by atoms with E-state index in [1.54, 1.807) is 29.1 Å². The number of carboxylic acids is 1. The van der Waals surface area contributed by atoms with E-state index in [0.29, 0.717) is 17.9 Å². The van der Waals surface area contributed by atoms with Crippen LogP contribution >= 0.6 is 0 Å². The standard InChI is InChI=1S/C15H17N3O4/c19-14(20)11-22-13-5-1-4-12(10-13)15(21)16-6-2-8-18-9-3-7-17-18/h1,3-5,7,9-10H,2,6,8,11H2,(H,16,21)(H,19,20). The summed E-state index contributed by atoms with van der Waals surface area (Å²) in [6.45, 7) is 0.822. The number of rotatable bonds is 8. The molecule has 0 saturated heterocycles. The minimum atomic E-state index is -1.06. The first-order chi connectivity index (χ1) is 10.6. The lowest BCUT2D eigenvalue weighted by molar-refractivity contribution is -0.139. The molecule has 0 bridgehead atoms. The number of nitrogens with zero attached hydrogens (tertiary/aromatic N) is 2. The van der Waals surface area contributed by atoms with Crippen LogP contribution in [0, 0.1) is 0 Å². The number of hydrogen-bond acceptors (Lipinski definition) is 4. The Labute approximate surface area is 127 Å². The van der Waals surface area contributed by atoms with Gasteiger partial charge in [0.25, 0.3) is 5.91 Å². The van der Waals surface area contributed by atoms with Gasteiger partial charge in [-0.1, -0.05) is 6.07 Å². The Morgan fingerprint density at radius 3 is 2.91 bits per heavy atom. The second kappa shape index (κ2) is 7.82. The molecule has 116 valence electrons. The highest BCUT2D eigenvalue weighted by Gasteiger charge is 2.07. The van der Waals surface area contributed by atoms with Gasteiger partial charge in [-0.2, -0.15) is 5.10 Å². The molecule has 0 spiro atoms. The molecule has 2 N–H and O–H groups in total. The molecule has 7 heteroatoms. The molecule has 0 unspecified atom stereocenters. The molecule has 1 aromatic carbocycles. The first-order valence-electron chi connectivity index (χ1n) is 6.85. The zero-order chi connectivity index (χ0) is 15.8. The van der Waals surface area contributed by atoms with Crippen LogP contribution in [-0.4, -0.2) is 39.9 Å². The number of carboxylic acid groups (broad SMARTS) is 1. The predicted molar refractivity (Wildman–Crippen MR) is 78.8 cm³/mol. The van der Waals surface area contributed by atoms with Gasteiger partial charge in [0.05, 0.1) is 0 Å². The van der Waals surface area contributed by atoms with E-state index in [1.807, 2.05) is 12.3 Å². The summed E-state index contributed by atoms with van der Waals surface area (Å²) in [5, 5.41) is 15.4. The fourth-order valence-corrected chi connectivity index (χ4v) is 1.85. The molecule has 0 aliphatic heterocycles. The van der Waals surface area contributed by atoms with Gasteiger partial charge in [-0.15, -0.1) is 0 Å². The van der Waals surface area contributed by atoms with Gasteiger partial charge in [0.2, 0.25) is 0 Å². The Hall–Kier alpha value is -2.83. The van der Waals surface area contributed by atoms with E-state index in [0.717, 1.165) is 13.0 Å². The van der Waals surface area contributed by atoms with Gasteiger partial charge < -0.3 is 15.2 Å². The number of carbonyl (C=O) groups is 2. The van der Waals surface area contributed by atoms with E-state index in [9.17, 15) is 9.59 Å². The molecule has 0 aliphatic carbocycles.